The molecule has 0 aromatic heterocycles. The first kappa shape index (κ1) is 19.5. The highest BCUT2D eigenvalue weighted by Crippen LogP contribution is 2.22. The predicted molar refractivity (Wildman–Crippen MR) is 97.6 cm³/mol. The van der Waals surface area contributed by atoms with Crippen LogP contribution >= 0.6 is 0 Å². The highest BCUT2D eigenvalue weighted by Gasteiger charge is 2.14. The van der Waals surface area contributed by atoms with E-state index < -0.39 is 16.0 Å². The van der Waals surface area contributed by atoms with E-state index in [1.165, 1.54) is 19.1 Å². The van der Waals surface area contributed by atoms with Gasteiger partial charge in [0.05, 0.1) is 17.9 Å². The average molecular weight is 376 g/mol. The number of rotatable bonds is 8. The molecule has 138 valence electrons. The topological polar surface area (TPSA) is 94.1 Å². The maximum absolute atomic E-state index is 12.2. The van der Waals surface area contributed by atoms with Gasteiger partial charge in [0.1, 0.15) is 11.5 Å². The monoisotopic (exact) mass is 376 g/mol. The van der Waals surface area contributed by atoms with E-state index in [-0.39, 0.29) is 17.9 Å². The number of hydrazone groups is 1. The van der Waals surface area contributed by atoms with Crippen LogP contribution in [0, 0.1) is 0 Å². The van der Waals surface area contributed by atoms with Crippen molar-refractivity contribution in [1.82, 2.24) is 4.83 Å². The number of sulfonamides is 1. The molecule has 2 aromatic rings. The molecular weight excluding hydrogens is 356 g/mol. The maximum Gasteiger partial charge on any atom is 0.311 e. The number of hydrogen-bond donors (Lipinski definition) is 1. The highest BCUT2D eigenvalue weighted by atomic mass is 32.2. The van der Waals surface area contributed by atoms with E-state index >= 15 is 0 Å². The van der Waals surface area contributed by atoms with E-state index in [9.17, 15) is 13.2 Å². The lowest BCUT2D eigenvalue weighted by molar-refractivity contribution is -0.141. The third-order valence-electron chi connectivity index (χ3n) is 3.18. The molecule has 0 saturated carbocycles. The summed E-state index contributed by atoms with van der Waals surface area (Å²) in [4.78, 5) is 13.5. The molecule has 0 aliphatic heterocycles. The lowest BCUT2D eigenvalue weighted by atomic mass is 10.3. The van der Waals surface area contributed by atoms with Gasteiger partial charge in [-0.05, 0) is 50.2 Å². The second kappa shape index (κ2) is 9.00. The fourth-order valence-electron chi connectivity index (χ4n) is 1.96. The van der Waals surface area contributed by atoms with Gasteiger partial charge >= 0.3 is 5.97 Å². The number of para-hydroxylation sites is 1. The van der Waals surface area contributed by atoms with Crippen LogP contribution in [0.15, 0.2) is 64.6 Å². The first-order chi connectivity index (χ1) is 12.4. The highest BCUT2D eigenvalue weighted by molar-refractivity contribution is 7.89. The van der Waals surface area contributed by atoms with E-state index in [4.69, 9.17) is 9.47 Å². The molecule has 2 aromatic carbocycles. The van der Waals surface area contributed by atoms with Crippen LogP contribution in [0.25, 0.3) is 0 Å². The van der Waals surface area contributed by atoms with Crippen LogP contribution in [0.2, 0.25) is 0 Å². The summed E-state index contributed by atoms with van der Waals surface area (Å²) in [6.07, 6.45) is -0.0831. The van der Waals surface area contributed by atoms with Crippen molar-refractivity contribution in [1.29, 1.82) is 0 Å². The number of nitrogens with zero attached hydrogens (tertiary/aromatic N) is 1. The van der Waals surface area contributed by atoms with Crippen molar-refractivity contribution in [2.45, 2.75) is 25.2 Å². The molecular formula is C18H20N2O5S. The van der Waals surface area contributed by atoms with E-state index in [1.54, 1.807) is 31.2 Å². The zero-order valence-electron chi connectivity index (χ0n) is 14.5. The van der Waals surface area contributed by atoms with Gasteiger partial charge in [-0.3, -0.25) is 4.79 Å². The molecule has 0 radical (unpaired) electrons. The van der Waals surface area contributed by atoms with Gasteiger partial charge in [-0.15, -0.1) is 0 Å². The number of esters is 1. The smallest absolute Gasteiger partial charge is 0.311 e. The minimum Gasteiger partial charge on any atom is -0.466 e. The van der Waals surface area contributed by atoms with Crippen molar-refractivity contribution in [3.63, 3.8) is 0 Å². The summed E-state index contributed by atoms with van der Waals surface area (Å²) >= 11 is 0. The Hall–Kier alpha value is -2.87. The number of hydrogen-bond acceptors (Lipinski definition) is 6. The molecule has 26 heavy (non-hydrogen) atoms. The largest absolute Gasteiger partial charge is 0.466 e. The van der Waals surface area contributed by atoms with Crippen molar-refractivity contribution < 1.29 is 22.7 Å². The summed E-state index contributed by atoms with van der Waals surface area (Å²) in [5, 5.41) is 3.73. The Morgan fingerprint density at radius 3 is 2.27 bits per heavy atom. The van der Waals surface area contributed by atoms with Gasteiger partial charge in [-0.1, -0.05) is 18.2 Å². The third kappa shape index (κ3) is 5.89. The fraction of sp³-hybridized carbons (Fsp3) is 0.222. The van der Waals surface area contributed by atoms with Crippen LogP contribution < -0.4 is 9.57 Å². The zero-order valence-corrected chi connectivity index (χ0v) is 15.3. The minimum atomic E-state index is -3.84. The first-order valence-electron chi connectivity index (χ1n) is 7.94. The van der Waals surface area contributed by atoms with Gasteiger partial charge in [0.2, 0.25) is 0 Å². The number of benzene rings is 2. The summed E-state index contributed by atoms with van der Waals surface area (Å²) in [6.45, 7) is 3.49. The number of nitrogens with one attached hydrogen (secondary N) is 1. The summed E-state index contributed by atoms with van der Waals surface area (Å²) in [6, 6.07) is 15.1. The quantitative estimate of drug-likeness (QED) is 0.434. The van der Waals surface area contributed by atoms with Crippen LogP contribution in [0.3, 0.4) is 0 Å². The van der Waals surface area contributed by atoms with Gasteiger partial charge in [0.25, 0.3) is 10.0 Å². The molecule has 0 heterocycles. The molecule has 0 amide bonds. The molecule has 7 nitrogen and oxygen atoms in total. The maximum atomic E-state index is 12.2. The molecule has 0 spiro atoms. The van der Waals surface area contributed by atoms with Gasteiger partial charge < -0.3 is 9.47 Å². The van der Waals surface area contributed by atoms with Gasteiger partial charge in [-0.25, -0.2) is 4.83 Å². The minimum absolute atomic E-state index is 0.0330. The van der Waals surface area contributed by atoms with Gasteiger partial charge in [0, 0.05) is 5.71 Å². The molecule has 0 aliphatic carbocycles. The van der Waals surface area contributed by atoms with Crippen molar-refractivity contribution >= 4 is 21.7 Å². The van der Waals surface area contributed by atoms with E-state index in [0.717, 1.165) is 0 Å². The molecule has 0 fully saturated rings. The van der Waals surface area contributed by atoms with Crippen LogP contribution in [0.1, 0.15) is 20.3 Å². The van der Waals surface area contributed by atoms with Crippen molar-refractivity contribution in [2.75, 3.05) is 6.61 Å². The molecule has 1 N–H and O–H groups in total. The third-order valence-corrected chi connectivity index (χ3v) is 4.40. The molecule has 0 saturated heterocycles. The second-order valence-electron chi connectivity index (χ2n) is 5.31. The zero-order chi connectivity index (χ0) is 19.0. The summed E-state index contributed by atoms with van der Waals surface area (Å²) in [7, 11) is -3.84. The van der Waals surface area contributed by atoms with Crippen molar-refractivity contribution in [2.24, 2.45) is 5.10 Å². The molecule has 2 rings (SSSR count). The average Bonchev–Trinajstić information content (AvgIpc) is 2.62. The molecule has 0 aliphatic rings. The summed E-state index contributed by atoms with van der Waals surface area (Å²) in [5.41, 5.74) is 0.302. The number of carbonyl (C=O) groups is 1. The Morgan fingerprint density at radius 1 is 1.04 bits per heavy atom. The molecule has 0 atom stereocenters. The lowest BCUT2D eigenvalue weighted by Crippen LogP contribution is -2.20. The molecule has 8 heteroatoms. The van der Waals surface area contributed by atoms with Crippen molar-refractivity contribution in [3.8, 4) is 11.5 Å². The van der Waals surface area contributed by atoms with Crippen molar-refractivity contribution in [3.05, 3.63) is 54.6 Å². The van der Waals surface area contributed by atoms with Crippen LogP contribution in [0.5, 0.6) is 11.5 Å². The first-order valence-corrected chi connectivity index (χ1v) is 9.42. The Balaban J connectivity index is 2.01. The fourth-order valence-corrected chi connectivity index (χ4v) is 2.84. The Bertz CT molecular complexity index is 862. The number of carbonyl (C=O) groups excluding carboxylic acids is 1. The molecule has 0 bridgehead atoms. The SMILES string of the molecule is CCOC(=O)CC(C)=NNS(=O)(=O)c1ccc(Oc2ccccc2)cc1. The Labute approximate surface area is 152 Å². The Morgan fingerprint density at radius 2 is 1.65 bits per heavy atom. The van der Waals surface area contributed by atoms with Crippen LogP contribution in [0.4, 0.5) is 0 Å². The summed E-state index contributed by atoms with van der Waals surface area (Å²) < 4.78 is 34.9. The number of ether oxygens (including phenoxy) is 2. The van der Waals surface area contributed by atoms with Crippen LogP contribution in [-0.2, 0) is 19.6 Å². The van der Waals surface area contributed by atoms with Crippen LogP contribution in [-0.4, -0.2) is 26.7 Å². The van der Waals surface area contributed by atoms with E-state index in [2.05, 4.69) is 9.93 Å². The normalized spacial score (nSPS) is 11.7. The summed E-state index contributed by atoms with van der Waals surface area (Å²) in [5.74, 6) is 0.702. The second-order valence-corrected chi connectivity index (χ2v) is 6.97. The molecule has 0 unspecified atom stereocenters. The van der Waals surface area contributed by atoms with Gasteiger partial charge in [-0.2, -0.15) is 13.5 Å². The van der Waals surface area contributed by atoms with E-state index in [0.29, 0.717) is 17.2 Å². The standard InChI is InChI=1S/C18H20N2O5S/c1-3-24-18(21)13-14(2)19-20-26(22,23)17-11-9-16(10-12-17)25-15-7-5-4-6-8-15/h4-12,20H,3,13H2,1-2H3. The van der Waals surface area contributed by atoms with E-state index in [1.807, 2.05) is 18.2 Å². The lowest BCUT2D eigenvalue weighted by Gasteiger charge is -2.08. The predicted octanol–water partition coefficient (Wildman–Crippen LogP) is 3.09. The van der Waals surface area contributed by atoms with Gasteiger partial charge in [0.15, 0.2) is 0 Å². The Kier molecular flexibility index (Phi) is 6.74.